The molecule has 30 heavy (non-hydrogen) atoms. The Morgan fingerprint density at radius 1 is 1.20 bits per heavy atom. The lowest BCUT2D eigenvalue weighted by Crippen LogP contribution is -2.35. The molecule has 1 aromatic carbocycles. The minimum atomic E-state index is -0.178. The van der Waals surface area contributed by atoms with Crippen LogP contribution in [-0.2, 0) is 14.3 Å². The van der Waals surface area contributed by atoms with Crippen LogP contribution in [0.3, 0.4) is 0 Å². The number of thiocarbonyl (C=S) groups is 1. The van der Waals surface area contributed by atoms with Gasteiger partial charge >= 0.3 is 0 Å². The minimum Gasteiger partial charge on any atom is -0.376 e. The molecule has 0 aromatic heterocycles. The van der Waals surface area contributed by atoms with Crippen LogP contribution in [0.2, 0.25) is 0 Å². The van der Waals surface area contributed by atoms with Crippen LogP contribution in [0.4, 0.5) is 5.69 Å². The van der Waals surface area contributed by atoms with Gasteiger partial charge in [0.05, 0.1) is 28.8 Å². The van der Waals surface area contributed by atoms with E-state index in [1.807, 2.05) is 23.1 Å². The summed E-state index contributed by atoms with van der Waals surface area (Å²) >= 11 is 10.3. The lowest BCUT2D eigenvalue weighted by Gasteiger charge is -2.18. The topological polar surface area (TPSA) is 49.9 Å². The number of nitrogens with zero attached hydrogens (tertiary/aromatic N) is 2. The first-order valence-electron chi connectivity index (χ1n) is 10.5. The molecule has 0 radical (unpaired) electrons. The molecule has 5 nitrogen and oxygen atoms in total. The number of halogens is 1. The van der Waals surface area contributed by atoms with Crippen LogP contribution in [-0.4, -0.2) is 46.8 Å². The van der Waals surface area contributed by atoms with Crippen molar-refractivity contribution in [2.24, 2.45) is 0 Å². The van der Waals surface area contributed by atoms with Crippen molar-refractivity contribution >= 4 is 67.3 Å². The van der Waals surface area contributed by atoms with Crippen molar-refractivity contribution in [2.45, 2.75) is 51.6 Å². The normalized spacial score (nSPS) is 23.8. The zero-order valence-electron chi connectivity index (χ0n) is 17.0. The van der Waals surface area contributed by atoms with Crippen LogP contribution >= 0.6 is 39.9 Å². The standard InChI is InChI=1S/C22H25BrN2O3S2/c1-2-3-4-5-10-24-17-9-8-14(23)12-16(17)18(20(24)26)19-21(27)25(22(29)30-19)13-15-7-6-11-28-15/h8-9,12,15H,2-7,10-11,13H2,1H3/b19-18-. The van der Waals surface area contributed by atoms with Crippen LogP contribution in [0.25, 0.3) is 5.57 Å². The fourth-order valence-electron chi connectivity index (χ4n) is 4.14. The second-order valence-electron chi connectivity index (χ2n) is 7.80. The molecule has 4 rings (SSSR count). The summed E-state index contributed by atoms with van der Waals surface area (Å²) in [7, 11) is 0. The first kappa shape index (κ1) is 22.0. The van der Waals surface area contributed by atoms with Gasteiger partial charge in [0, 0.05) is 23.2 Å². The zero-order valence-corrected chi connectivity index (χ0v) is 20.2. The highest BCUT2D eigenvalue weighted by molar-refractivity contribution is 9.10. The molecule has 0 spiro atoms. The zero-order chi connectivity index (χ0) is 21.3. The van der Waals surface area contributed by atoms with E-state index in [0.29, 0.717) is 27.9 Å². The molecule has 3 aliphatic rings. The van der Waals surface area contributed by atoms with E-state index in [-0.39, 0.29) is 17.9 Å². The van der Waals surface area contributed by atoms with E-state index in [4.69, 9.17) is 17.0 Å². The van der Waals surface area contributed by atoms with Crippen LogP contribution in [0.15, 0.2) is 27.6 Å². The largest absolute Gasteiger partial charge is 0.376 e. The van der Waals surface area contributed by atoms with Crippen molar-refractivity contribution in [1.29, 1.82) is 0 Å². The quantitative estimate of drug-likeness (QED) is 0.290. The number of amides is 2. The second-order valence-corrected chi connectivity index (χ2v) is 10.4. The van der Waals surface area contributed by atoms with Gasteiger partial charge in [0.2, 0.25) is 0 Å². The van der Waals surface area contributed by atoms with Crippen molar-refractivity contribution in [2.75, 3.05) is 24.6 Å². The Kier molecular flexibility index (Phi) is 6.97. The van der Waals surface area contributed by atoms with Gasteiger partial charge in [-0.05, 0) is 37.5 Å². The lowest BCUT2D eigenvalue weighted by molar-refractivity contribution is -0.123. The number of hydrogen-bond donors (Lipinski definition) is 0. The van der Waals surface area contributed by atoms with E-state index in [1.165, 1.54) is 11.8 Å². The highest BCUT2D eigenvalue weighted by Gasteiger charge is 2.42. The van der Waals surface area contributed by atoms with Gasteiger partial charge in [-0.2, -0.15) is 0 Å². The minimum absolute atomic E-state index is 0.0209. The number of carbonyl (C=O) groups is 2. The Morgan fingerprint density at radius 2 is 2.03 bits per heavy atom. The van der Waals surface area contributed by atoms with Crippen LogP contribution in [0, 0.1) is 0 Å². The molecule has 2 saturated heterocycles. The van der Waals surface area contributed by atoms with Crippen LogP contribution in [0.1, 0.15) is 51.0 Å². The predicted molar refractivity (Wildman–Crippen MR) is 128 cm³/mol. The Balaban J connectivity index is 1.64. The van der Waals surface area contributed by atoms with Crippen molar-refractivity contribution in [3.05, 3.63) is 33.1 Å². The number of thioether (sulfide) groups is 1. The molecule has 0 N–H and O–H groups in total. The predicted octanol–water partition coefficient (Wildman–Crippen LogP) is 5.13. The summed E-state index contributed by atoms with van der Waals surface area (Å²) in [6, 6.07) is 5.83. The Hall–Kier alpha value is -1.22. The van der Waals surface area contributed by atoms with Crippen molar-refractivity contribution in [3.8, 4) is 0 Å². The molecule has 1 atom stereocenters. The third-order valence-electron chi connectivity index (χ3n) is 5.70. The average molecular weight is 509 g/mol. The fourth-order valence-corrected chi connectivity index (χ4v) is 5.85. The molecular formula is C22H25BrN2O3S2. The summed E-state index contributed by atoms with van der Waals surface area (Å²) in [4.78, 5) is 30.6. The van der Waals surface area contributed by atoms with E-state index < -0.39 is 0 Å². The molecule has 1 aromatic rings. The summed E-state index contributed by atoms with van der Waals surface area (Å²) < 4.78 is 7.07. The maximum atomic E-state index is 13.4. The average Bonchev–Trinajstić information content (AvgIpc) is 3.40. The molecule has 160 valence electrons. The van der Waals surface area contributed by atoms with E-state index in [1.54, 1.807) is 4.90 Å². The molecule has 3 aliphatic heterocycles. The van der Waals surface area contributed by atoms with E-state index in [0.717, 1.165) is 60.9 Å². The van der Waals surface area contributed by atoms with E-state index in [2.05, 4.69) is 22.9 Å². The Bertz CT molecular complexity index is 912. The maximum absolute atomic E-state index is 13.4. The SMILES string of the molecule is CCCCCCN1C(=O)/C(=C2\SC(=S)N(CC3CCCO3)C2=O)c2cc(Br)ccc21. The molecule has 8 heteroatoms. The van der Waals surface area contributed by atoms with Crippen LogP contribution in [0.5, 0.6) is 0 Å². The summed E-state index contributed by atoms with van der Waals surface area (Å²) in [5.41, 5.74) is 2.16. The Morgan fingerprint density at radius 3 is 2.77 bits per heavy atom. The molecule has 0 bridgehead atoms. The molecule has 2 amide bonds. The highest BCUT2D eigenvalue weighted by Crippen LogP contribution is 2.45. The highest BCUT2D eigenvalue weighted by atomic mass is 79.9. The molecule has 3 heterocycles. The van der Waals surface area contributed by atoms with Gasteiger partial charge in [0.15, 0.2) is 0 Å². The second kappa shape index (κ2) is 9.51. The van der Waals surface area contributed by atoms with Gasteiger partial charge in [0.1, 0.15) is 4.32 Å². The van der Waals surface area contributed by atoms with Crippen molar-refractivity contribution < 1.29 is 14.3 Å². The van der Waals surface area contributed by atoms with E-state index >= 15 is 0 Å². The number of rotatable bonds is 7. The molecule has 1 unspecified atom stereocenters. The number of ether oxygens (including phenoxy) is 1. The Labute approximate surface area is 195 Å². The van der Waals surface area contributed by atoms with Gasteiger partial charge in [-0.15, -0.1) is 0 Å². The fraction of sp³-hybridized carbons (Fsp3) is 0.500. The number of fused-ring (bicyclic) bond motifs is 1. The van der Waals surface area contributed by atoms with Gasteiger partial charge in [-0.25, -0.2) is 0 Å². The molecule has 0 saturated carbocycles. The van der Waals surface area contributed by atoms with E-state index in [9.17, 15) is 9.59 Å². The first-order chi connectivity index (χ1) is 14.5. The van der Waals surface area contributed by atoms with Gasteiger partial charge in [-0.3, -0.25) is 14.5 Å². The summed E-state index contributed by atoms with van der Waals surface area (Å²) in [5, 5.41) is 0. The summed E-state index contributed by atoms with van der Waals surface area (Å²) in [5.74, 6) is -0.278. The number of hydrogen-bond acceptors (Lipinski definition) is 5. The smallest absolute Gasteiger partial charge is 0.267 e. The maximum Gasteiger partial charge on any atom is 0.267 e. The number of unbranched alkanes of at least 4 members (excludes halogenated alkanes) is 3. The molecule has 2 fully saturated rings. The first-order valence-corrected chi connectivity index (χ1v) is 12.5. The number of anilines is 1. The molecule has 0 aliphatic carbocycles. The van der Waals surface area contributed by atoms with Gasteiger partial charge in [-0.1, -0.05) is 66.1 Å². The molecular weight excluding hydrogens is 484 g/mol. The number of carbonyl (C=O) groups excluding carboxylic acids is 2. The number of benzene rings is 1. The third-order valence-corrected chi connectivity index (χ3v) is 7.64. The summed E-state index contributed by atoms with van der Waals surface area (Å²) in [6.45, 7) is 4.02. The lowest BCUT2D eigenvalue weighted by atomic mass is 10.1. The van der Waals surface area contributed by atoms with Gasteiger partial charge < -0.3 is 9.64 Å². The third kappa shape index (κ3) is 4.24. The van der Waals surface area contributed by atoms with Crippen molar-refractivity contribution in [3.63, 3.8) is 0 Å². The van der Waals surface area contributed by atoms with Gasteiger partial charge in [0.25, 0.3) is 11.8 Å². The van der Waals surface area contributed by atoms with Crippen LogP contribution < -0.4 is 4.90 Å². The monoisotopic (exact) mass is 508 g/mol. The van der Waals surface area contributed by atoms with Crippen molar-refractivity contribution in [1.82, 2.24) is 4.90 Å². The summed E-state index contributed by atoms with van der Waals surface area (Å²) in [6.07, 6.45) is 6.30.